The summed E-state index contributed by atoms with van der Waals surface area (Å²) in [7, 11) is 0. The molecule has 4 nitrogen and oxygen atoms in total. The van der Waals surface area contributed by atoms with Crippen LogP contribution in [0.3, 0.4) is 0 Å². The molecule has 0 unspecified atom stereocenters. The predicted octanol–water partition coefficient (Wildman–Crippen LogP) is 2.33. The van der Waals surface area contributed by atoms with Gasteiger partial charge in [0, 0.05) is 18.9 Å². The molecule has 0 radical (unpaired) electrons. The maximum Gasteiger partial charge on any atom is 0.255 e. The van der Waals surface area contributed by atoms with E-state index in [1.807, 2.05) is 13.0 Å². The lowest BCUT2D eigenvalue weighted by molar-refractivity contribution is 0.0948. The number of carbonyl (C=O) groups excluding carboxylic acids is 1. The van der Waals surface area contributed by atoms with Gasteiger partial charge in [-0.25, -0.2) is 0 Å². The Bertz CT molecular complexity index is 609. The first kappa shape index (κ1) is 13.1. The fraction of sp³-hybridized carbons (Fsp3) is 0.200. The van der Waals surface area contributed by atoms with Crippen molar-refractivity contribution in [1.82, 2.24) is 10.3 Å². The van der Waals surface area contributed by atoms with E-state index in [4.69, 9.17) is 0 Å². The number of hydrogen-bond donors (Lipinski definition) is 2. The second-order valence-corrected chi connectivity index (χ2v) is 4.46. The molecule has 1 aromatic heterocycles. The molecular formula is C15H16N2O2. The normalized spacial score (nSPS) is 10.2. The molecule has 2 aromatic rings. The topological polar surface area (TPSA) is 62.2 Å². The minimum Gasteiger partial charge on any atom is -0.507 e. The van der Waals surface area contributed by atoms with Crippen molar-refractivity contribution in [2.75, 3.05) is 0 Å². The van der Waals surface area contributed by atoms with Gasteiger partial charge in [-0.1, -0.05) is 12.1 Å². The molecule has 1 aromatic carbocycles. The Morgan fingerprint density at radius 2 is 2.05 bits per heavy atom. The Kier molecular flexibility index (Phi) is 3.80. The first-order valence-corrected chi connectivity index (χ1v) is 6.06. The van der Waals surface area contributed by atoms with Gasteiger partial charge in [-0.05, 0) is 42.7 Å². The number of carbonyl (C=O) groups is 1. The summed E-state index contributed by atoms with van der Waals surface area (Å²) >= 11 is 0. The van der Waals surface area contributed by atoms with E-state index >= 15 is 0 Å². The average molecular weight is 256 g/mol. The number of aromatic nitrogens is 1. The summed E-state index contributed by atoms with van der Waals surface area (Å²) in [4.78, 5) is 16.0. The largest absolute Gasteiger partial charge is 0.507 e. The van der Waals surface area contributed by atoms with Crippen molar-refractivity contribution >= 4 is 5.91 Å². The molecule has 0 spiro atoms. The lowest BCUT2D eigenvalue weighted by Gasteiger charge is -2.09. The summed E-state index contributed by atoms with van der Waals surface area (Å²) in [6, 6.07) is 6.99. The molecule has 0 fully saturated rings. The summed E-state index contributed by atoms with van der Waals surface area (Å²) in [6.45, 7) is 4.12. The summed E-state index contributed by atoms with van der Waals surface area (Å²) in [5, 5.41) is 12.6. The van der Waals surface area contributed by atoms with Gasteiger partial charge in [-0.15, -0.1) is 0 Å². The van der Waals surface area contributed by atoms with Crippen LogP contribution in [0, 0.1) is 13.8 Å². The highest BCUT2D eigenvalue weighted by molar-refractivity contribution is 5.97. The third-order valence-electron chi connectivity index (χ3n) is 3.06. The van der Waals surface area contributed by atoms with Crippen LogP contribution >= 0.6 is 0 Å². The summed E-state index contributed by atoms with van der Waals surface area (Å²) in [5.74, 6) is -0.246. The predicted molar refractivity (Wildman–Crippen MR) is 73.0 cm³/mol. The van der Waals surface area contributed by atoms with Gasteiger partial charge in [-0.2, -0.15) is 0 Å². The van der Waals surface area contributed by atoms with Gasteiger partial charge in [0.25, 0.3) is 5.91 Å². The first-order chi connectivity index (χ1) is 9.09. The molecule has 2 rings (SSSR count). The van der Waals surface area contributed by atoms with Crippen LogP contribution in [0.15, 0.2) is 36.7 Å². The molecule has 19 heavy (non-hydrogen) atoms. The zero-order chi connectivity index (χ0) is 13.8. The van der Waals surface area contributed by atoms with Gasteiger partial charge in [0.05, 0.1) is 5.56 Å². The van der Waals surface area contributed by atoms with Gasteiger partial charge < -0.3 is 10.4 Å². The monoisotopic (exact) mass is 256 g/mol. The van der Waals surface area contributed by atoms with Crippen LogP contribution in [0.25, 0.3) is 0 Å². The minimum absolute atomic E-state index is 0.0338. The van der Waals surface area contributed by atoms with Crippen molar-refractivity contribution < 1.29 is 9.90 Å². The minimum atomic E-state index is -0.280. The molecule has 1 amide bonds. The molecule has 0 saturated carbocycles. The maximum atomic E-state index is 12.0. The van der Waals surface area contributed by atoms with E-state index in [2.05, 4.69) is 10.3 Å². The highest BCUT2D eigenvalue weighted by atomic mass is 16.3. The summed E-state index contributed by atoms with van der Waals surface area (Å²) in [6.07, 6.45) is 3.45. The molecule has 4 heteroatoms. The smallest absolute Gasteiger partial charge is 0.255 e. The van der Waals surface area contributed by atoms with Crippen LogP contribution in [0.4, 0.5) is 0 Å². The van der Waals surface area contributed by atoms with Crippen molar-refractivity contribution in [2.45, 2.75) is 20.4 Å². The third-order valence-corrected chi connectivity index (χ3v) is 3.06. The number of nitrogens with zero attached hydrogens (tertiary/aromatic N) is 1. The van der Waals surface area contributed by atoms with Gasteiger partial charge in [0.2, 0.25) is 0 Å². The Morgan fingerprint density at radius 3 is 2.79 bits per heavy atom. The highest BCUT2D eigenvalue weighted by Gasteiger charge is 2.12. The number of rotatable bonds is 3. The van der Waals surface area contributed by atoms with Crippen LogP contribution in [0.2, 0.25) is 0 Å². The summed E-state index contributed by atoms with van der Waals surface area (Å²) in [5.41, 5.74) is 3.02. The van der Waals surface area contributed by atoms with E-state index in [-0.39, 0.29) is 11.7 Å². The average Bonchev–Trinajstić information content (AvgIpc) is 2.40. The molecular weight excluding hydrogens is 240 g/mol. The van der Waals surface area contributed by atoms with Gasteiger partial charge >= 0.3 is 0 Å². The van der Waals surface area contributed by atoms with Crippen LogP contribution in [0.1, 0.15) is 27.0 Å². The van der Waals surface area contributed by atoms with E-state index in [1.165, 1.54) is 0 Å². The standard InChI is InChI=1S/C15H16N2O2/c1-10-4-3-5-13(14(10)18)15(19)17-9-12-6-7-16-8-11(12)2/h3-8,18H,9H2,1-2H3,(H,17,19). The van der Waals surface area contributed by atoms with E-state index in [9.17, 15) is 9.90 Å². The molecule has 1 heterocycles. The number of aryl methyl sites for hydroxylation is 2. The molecule has 0 atom stereocenters. The van der Waals surface area contributed by atoms with E-state index in [0.717, 1.165) is 11.1 Å². The quantitative estimate of drug-likeness (QED) is 0.886. The van der Waals surface area contributed by atoms with Crippen LogP contribution in [0.5, 0.6) is 5.75 Å². The second-order valence-electron chi connectivity index (χ2n) is 4.46. The van der Waals surface area contributed by atoms with Crippen molar-refractivity contribution in [2.24, 2.45) is 0 Å². The SMILES string of the molecule is Cc1cnccc1CNC(=O)c1cccc(C)c1O. The van der Waals surface area contributed by atoms with Crippen LogP contribution in [-0.2, 0) is 6.54 Å². The second kappa shape index (κ2) is 5.52. The molecule has 0 aliphatic carbocycles. The number of pyridine rings is 1. The molecule has 2 N–H and O–H groups in total. The van der Waals surface area contributed by atoms with Gasteiger partial charge in [0.15, 0.2) is 0 Å². The number of para-hydroxylation sites is 1. The molecule has 0 aliphatic rings. The summed E-state index contributed by atoms with van der Waals surface area (Å²) < 4.78 is 0. The van der Waals surface area contributed by atoms with Crippen LogP contribution < -0.4 is 5.32 Å². The fourth-order valence-electron chi connectivity index (χ4n) is 1.81. The number of hydrogen-bond acceptors (Lipinski definition) is 3. The van der Waals surface area contributed by atoms with Crippen LogP contribution in [-0.4, -0.2) is 16.0 Å². The third kappa shape index (κ3) is 2.91. The van der Waals surface area contributed by atoms with E-state index < -0.39 is 0 Å². The number of phenols is 1. The molecule has 0 bridgehead atoms. The number of benzene rings is 1. The lowest BCUT2D eigenvalue weighted by atomic mass is 10.1. The van der Waals surface area contributed by atoms with E-state index in [0.29, 0.717) is 17.7 Å². The lowest BCUT2D eigenvalue weighted by Crippen LogP contribution is -2.23. The Hall–Kier alpha value is -2.36. The van der Waals surface area contributed by atoms with E-state index in [1.54, 1.807) is 37.5 Å². The van der Waals surface area contributed by atoms with Crippen molar-refractivity contribution in [3.63, 3.8) is 0 Å². The Morgan fingerprint density at radius 1 is 1.26 bits per heavy atom. The zero-order valence-electron chi connectivity index (χ0n) is 11.0. The number of phenolic OH excluding ortho intramolecular Hbond substituents is 1. The number of nitrogens with one attached hydrogen (secondary N) is 1. The van der Waals surface area contributed by atoms with Crippen molar-refractivity contribution in [3.05, 3.63) is 58.9 Å². The Balaban J connectivity index is 2.10. The molecule has 0 aliphatic heterocycles. The maximum absolute atomic E-state index is 12.0. The van der Waals surface area contributed by atoms with Gasteiger partial charge in [-0.3, -0.25) is 9.78 Å². The number of amides is 1. The number of aromatic hydroxyl groups is 1. The Labute approximate surface area is 112 Å². The van der Waals surface area contributed by atoms with Gasteiger partial charge in [0.1, 0.15) is 5.75 Å². The first-order valence-electron chi connectivity index (χ1n) is 6.06. The van der Waals surface area contributed by atoms with Crippen molar-refractivity contribution in [1.29, 1.82) is 0 Å². The molecule has 0 saturated heterocycles. The van der Waals surface area contributed by atoms with Crippen molar-refractivity contribution in [3.8, 4) is 5.75 Å². The zero-order valence-corrected chi connectivity index (χ0v) is 11.0. The highest BCUT2D eigenvalue weighted by Crippen LogP contribution is 2.21. The fourth-order valence-corrected chi connectivity index (χ4v) is 1.81. The molecule has 98 valence electrons.